The summed E-state index contributed by atoms with van der Waals surface area (Å²) < 4.78 is 27.5. The van der Waals surface area contributed by atoms with Crippen LogP contribution in [0.25, 0.3) is 0 Å². The van der Waals surface area contributed by atoms with E-state index in [2.05, 4.69) is 0 Å². The van der Waals surface area contributed by atoms with Gasteiger partial charge in [-0.1, -0.05) is 36.5 Å². The Balaban J connectivity index is 2.35. The predicted octanol–water partition coefficient (Wildman–Crippen LogP) is 3.24. The number of thiocarbonyl (C=S) groups is 1. The van der Waals surface area contributed by atoms with Gasteiger partial charge in [-0.2, -0.15) is 0 Å². The van der Waals surface area contributed by atoms with Crippen molar-refractivity contribution in [1.29, 1.82) is 0 Å². The van der Waals surface area contributed by atoms with E-state index in [9.17, 15) is 8.78 Å². The minimum absolute atomic E-state index is 0.0153. The Morgan fingerprint density at radius 3 is 2.40 bits per heavy atom. The molecule has 0 aliphatic rings. The molecule has 5 heteroatoms. The molecule has 20 heavy (non-hydrogen) atoms. The molecule has 0 aliphatic heterocycles. The van der Waals surface area contributed by atoms with Crippen molar-refractivity contribution < 1.29 is 8.78 Å². The van der Waals surface area contributed by atoms with Gasteiger partial charge in [0.1, 0.15) is 16.6 Å². The molecule has 104 valence electrons. The lowest BCUT2D eigenvalue weighted by Gasteiger charge is -2.22. The van der Waals surface area contributed by atoms with E-state index in [4.69, 9.17) is 18.0 Å². The molecular formula is C15H14F2N2S. The van der Waals surface area contributed by atoms with Crippen LogP contribution in [-0.2, 0) is 6.54 Å². The fourth-order valence-corrected chi connectivity index (χ4v) is 2.24. The van der Waals surface area contributed by atoms with Gasteiger partial charge in [-0.15, -0.1) is 0 Å². The van der Waals surface area contributed by atoms with Gasteiger partial charge >= 0.3 is 0 Å². The van der Waals surface area contributed by atoms with E-state index in [1.165, 1.54) is 12.1 Å². The van der Waals surface area contributed by atoms with Crippen LogP contribution in [0.3, 0.4) is 0 Å². The molecule has 0 aliphatic carbocycles. The van der Waals surface area contributed by atoms with Gasteiger partial charge in [0.05, 0.1) is 5.56 Å². The molecule has 2 aromatic carbocycles. The Morgan fingerprint density at radius 1 is 1.10 bits per heavy atom. The number of anilines is 1. The molecule has 0 spiro atoms. The van der Waals surface area contributed by atoms with Crippen LogP contribution in [-0.4, -0.2) is 12.0 Å². The van der Waals surface area contributed by atoms with Crippen molar-refractivity contribution >= 4 is 22.9 Å². The van der Waals surface area contributed by atoms with E-state index >= 15 is 0 Å². The molecule has 0 saturated heterocycles. The number of hydrogen-bond acceptors (Lipinski definition) is 2. The van der Waals surface area contributed by atoms with E-state index < -0.39 is 5.82 Å². The number of halogens is 2. The molecule has 2 nitrogen and oxygen atoms in total. The Hall–Kier alpha value is -2.01. The van der Waals surface area contributed by atoms with Crippen LogP contribution in [0.5, 0.6) is 0 Å². The first-order chi connectivity index (χ1) is 9.50. The van der Waals surface area contributed by atoms with Crippen molar-refractivity contribution in [2.24, 2.45) is 5.73 Å². The zero-order chi connectivity index (χ0) is 14.7. The molecule has 0 bridgehead atoms. The highest BCUT2D eigenvalue weighted by Gasteiger charge is 2.15. The quantitative estimate of drug-likeness (QED) is 0.877. The summed E-state index contributed by atoms with van der Waals surface area (Å²) in [5.74, 6) is -0.775. The topological polar surface area (TPSA) is 29.3 Å². The summed E-state index contributed by atoms with van der Waals surface area (Å²) in [4.78, 5) is 1.70. The molecule has 0 saturated carbocycles. The maximum atomic E-state index is 13.8. The van der Waals surface area contributed by atoms with Gasteiger partial charge in [0.15, 0.2) is 0 Å². The normalized spacial score (nSPS) is 10.3. The standard InChI is InChI=1S/C15H14F2N2S/c1-19(9-10-5-2-3-6-11(10)16)13-8-4-7-12(17)14(13)15(18)20/h2-8H,9H2,1H3,(H2,18,20). The van der Waals surface area contributed by atoms with Gasteiger partial charge in [-0.05, 0) is 18.2 Å². The third-order valence-corrected chi connectivity index (χ3v) is 3.22. The van der Waals surface area contributed by atoms with Crippen LogP contribution in [0.15, 0.2) is 42.5 Å². The maximum Gasteiger partial charge on any atom is 0.135 e. The summed E-state index contributed by atoms with van der Waals surface area (Å²) in [5.41, 5.74) is 6.81. The third-order valence-electron chi connectivity index (χ3n) is 3.01. The minimum atomic E-state index is -0.476. The maximum absolute atomic E-state index is 13.8. The largest absolute Gasteiger partial charge is 0.389 e. The highest BCUT2D eigenvalue weighted by Crippen LogP contribution is 2.24. The molecule has 2 N–H and O–H groups in total. The van der Waals surface area contributed by atoms with E-state index in [0.717, 1.165) is 0 Å². The van der Waals surface area contributed by atoms with Crippen LogP contribution in [0, 0.1) is 11.6 Å². The highest BCUT2D eigenvalue weighted by atomic mass is 32.1. The Labute approximate surface area is 121 Å². The lowest BCUT2D eigenvalue weighted by molar-refractivity contribution is 0.607. The summed E-state index contributed by atoms with van der Waals surface area (Å²) in [5, 5.41) is 0. The molecule has 2 aromatic rings. The van der Waals surface area contributed by atoms with Crippen LogP contribution in [0.1, 0.15) is 11.1 Å². The van der Waals surface area contributed by atoms with Gasteiger partial charge < -0.3 is 10.6 Å². The van der Waals surface area contributed by atoms with E-state index in [-0.39, 0.29) is 16.4 Å². The second-order valence-electron chi connectivity index (χ2n) is 4.45. The van der Waals surface area contributed by atoms with E-state index in [0.29, 0.717) is 17.8 Å². The molecule has 0 amide bonds. The summed E-state index contributed by atoms with van der Waals surface area (Å²) in [6.07, 6.45) is 0. The van der Waals surface area contributed by atoms with Crippen molar-refractivity contribution in [2.45, 2.75) is 6.54 Å². The molecule has 0 aromatic heterocycles. The third kappa shape index (κ3) is 2.93. The number of hydrogen-bond donors (Lipinski definition) is 1. The van der Waals surface area contributed by atoms with Crippen LogP contribution >= 0.6 is 12.2 Å². The predicted molar refractivity (Wildman–Crippen MR) is 80.8 cm³/mol. The van der Waals surface area contributed by atoms with Gasteiger partial charge in [-0.25, -0.2) is 8.78 Å². The molecular weight excluding hydrogens is 278 g/mol. The Kier molecular flexibility index (Phi) is 4.29. The molecule has 0 heterocycles. The van der Waals surface area contributed by atoms with Crippen molar-refractivity contribution in [2.75, 3.05) is 11.9 Å². The first-order valence-electron chi connectivity index (χ1n) is 6.03. The summed E-state index contributed by atoms with van der Waals surface area (Å²) in [6, 6.07) is 11.0. The van der Waals surface area contributed by atoms with Gasteiger partial charge in [0, 0.05) is 24.8 Å². The van der Waals surface area contributed by atoms with Crippen molar-refractivity contribution in [3.05, 3.63) is 65.2 Å². The SMILES string of the molecule is CN(Cc1ccccc1F)c1cccc(F)c1C(N)=S. The average Bonchev–Trinajstić information content (AvgIpc) is 2.40. The van der Waals surface area contributed by atoms with Crippen molar-refractivity contribution in [3.8, 4) is 0 Å². The lowest BCUT2D eigenvalue weighted by atomic mass is 10.1. The zero-order valence-electron chi connectivity index (χ0n) is 10.9. The molecule has 0 atom stereocenters. The minimum Gasteiger partial charge on any atom is -0.389 e. The Morgan fingerprint density at radius 2 is 1.75 bits per heavy atom. The first-order valence-corrected chi connectivity index (χ1v) is 6.44. The Bertz CT molecular complexity index is 644. The van der Waals surface area contributed by atoms with E-state index in [1.54, 1.807) is 42.3 Å². The number of nitrogens with two attached hydrogens (primary N) is 1. The zero-order valence-corrected chi connectivity index (χ0v) is 11.8. The van der Waals surface area contributed by atoms with Crippen LogP contribution < -0.4 is 10.6 Å². The lowest BCUT2D eigenvalue weighted by Crippen LogP contribution is -2.23. The van der Waals surface area contributed by atoms with Crippen LogP contribution in [0.4, 0.5) is 14.5 Å². The van der Waals surface area contributed by atoms with Crippen LogP contribution in [0.2, 0.25) is 0 Å². The summed E-state index contributed by atoms with van der Waals surface area (Å²) in [6.45, 7) is 0.297. The molecule has 0 radical (unpaired) electrons. The second kappa shape index (κ2) is 5.96. The first kappa shape index (κ1) is 14.4. The van der Waals surface area contributed by atoms with Gasteiger partial charge in [0.25, 0.3) is 0 Å². The summed E-state index contributed by atoms with van der Waals surface area (Å²) >= 11 is 4.88. The molecule has 0 fully saturated rings. The highest BCUT2D eigenvalue weighted by molar-refractivity contribution is 7.80. The fourth-order valence-electron chi connectivity index (χ4n) is 2.04. The smallest absolute Gasteiger partial charge is 0.135 e. The number of rotatable bonds is 4. The second-order valence-corrected chi connectivity index (χ2v) is 4.89. The van der Waals surface area contributed by atoms with Crippen molar-refractivity contribution in [1.82, 2.24) is 0 Å². The fraction of sp³-hybridized carbons (Fsp3) is 0.133. The average molecular weight is 292 g/mol. The molecule has 0 unspecified atom stereocenters. The number of benzene rings is 2. The van der Waals surface area contributed by atoms with Crippen molar-refractivity contribution in [3.63, 3.8) is 0 Å². The molecule has 2 rings (SSSR count). The van der Waals surface area contributed by atoms with Gasteiger partial charge in [-0.3, -0.25) is 0 Å². The van der Waals surface area contributed by atoms with Gasteiger partial charge in [0.2, 0.25) is 0 Å². The monoisotopic (exact) mass is 292 g/mol. The number of nitrogens with zero attached hydrogens (tertiary/aromatic N) is 1. The summed E-state index contributed by atoms with van der Waals surface area (Å²) in [7, 11) is 1.74. The van der Waals surface area contributed by atoms with E-state index in [1.807, 2.05) is 0 Å².